The third-order valence-corrected chi connectivity index (χ3v) is 3.22. The number of rotatable bonds is 10. The molecular weight excluding hydrogens is 360 g/mol. The monoisotopic (exact) mass is 378 g/mol. The molecule has 0 heterocycles. The number of nitrogens with zero attached hydrogens (tertiary/aromatic N) is 2. The summed E-state index contributed by atoms with van der Waals surface area (Å²) in [5.41, 5.74) is 0.249. The first-order chi connectivity index (χ1) is 13.1. The Morgan fingerprint density at radius 3 is 2.26 bits per heavy atom. The Bertz CT molecular complexity index is 792. The zero-order chi connectivity index (χ0) is 19.6. The molecule has 0 aliphatic heterocycles. The fourth-order valence-corrected chi connectivity index (χ4v) is 2.06. The lowest BCUT2D eigenvalue weighted by atomic mass is 10.1. The van der Waals surface area contributed by atoms with Crippen molar-refractivity contribution in [2.24, 2.45) is 5.16 Å². The molecule has 144 valence electrons. The average Bonchev–Trinajstić information content (AvgIpc) is 2.67. The molecule has 0 spiro atoms. The van der Waals surface area contributed by atoms with Gasteiger partial charge in [-0.1, -0.05) is 5.16 Å². The van der Waals surface area contributed by atoms with Crippen LogP contribution in [0.4, 0.5) is 5.69 Å². The third kappa shape index (κ3) is 5.56. The summed E-state index contributed by atoms with van der Waals surface area (Å²) in [4.78, 5) is 10.3. The van der Waals surface area contributed by atoms with Crippen LogP contribution in [0.3, 0.4) is 0 Å². The van der Waals surface area contributed by atoms with Gasteiger partial charge >= 0.3 is 0 Å². The molecular formula is C17H18N2O8. The number of nitro groups is 1. The average molecular weight is 378 g/mol. The van der Waals surface area contributed by atoms with Gasteiger partial charge in [0.2, 0.25) is 0 Å². The molecule has 0 atom stereocenters. The first-order valence-electron chi connectivity index (χ1n) is 7.60. The summed E-state index contributed by atoms with van der Waals surface area (Å²) >= 11 is 0. The van der Waals surface area contributed by atoms with Crippen LogP contribution < -0.4 is 14.2 Å². The zero-order valence-electron chi connectivity index (χ0n) is 14.7. The molecule has 0 unspecified atom stereocenters. The van der Waals surface area contributed by atoms with Crippen LogP contribution in [0.2, 0.25) is 0 Å². The molecule has 0 bridgehead atoms. The maximum Gasteiger partial charge on any atom is 0.269 e. The Morgan fingerprint density at radius 2 is 1.67 bits per heavy atom. The number of oxime groups is 1. The van der Waals surface area contributed by atoms with Crippen LogP contribution in [0.5, 0.6) is 23.0 Å². The van der Waals surface area contributed by atoms with E-state index in [4.69, 9.17) is 28.9 Å². The van der Waals surface area contributed by atoms with Crippen LogP contribution in [-0.2, 0) is 9.47 Å². The molecule has 0 fully saturated rings. The topological polar surface area (TPSA) is 122 Å². The van der Waals surface area contributed by atoms with Gasteiger partial charge in [0, 0.05) is 38.5 Å². The lowest BCUT2D eigenvalue weighted by Crippen LogP contribution is -2.05. The highest BCUT2D eigenvalue weighted by molar-refractivity contribution is 5.88. The maximum absolute atomic E-state index is 10.8. The lowest BCUT2D eigenvalue weighted by molar-refractivity contribution is -0.384. The maximum atomic E-state index is 10.8. The van der Waals surface area contributed by atoms with Crippen LogP contribution in [0.1, 0.15) is 5.56 Å². The SMILES string of the molecule is COCOc1cc(OCOC)c(C=NO)c(Oc2ccc([N+](=O)[O-])cc2)c1. The van der Waals surface area contributed by atoms with Gasteiger partial charge in [0.15, 0.2) is 13.6 Å². The van der Waals surface area contributed by atoms with Crippen molar-refractivity contribution in [3.05, 3.63) is 52.1 Å². The van der Waals surface area contributed by atoms with Gasteiger partial charge in [-0.25, -0.2) is 0 Å². The van der Waals surface area contributed by atoms with Gasteiger partial charge in [-0.05, 0) is 12.1 Å². The minimum Gasteiger partial charge on any atom is -0.467 e. The lowest BCUT2D eigenvalue weighted by Gasteiger charge is -2.15. The number of benzene rings is 2. The largest absolute Gasteiger partial charge is 0.467 e. The number of hydrogen-bond donors (Lipinski definition) is 1. The summed E-state index contributed by atoms with van der Waals surface area (Å²) in [5.74, 6) is 1.21. The second-order valence-corrected chi connectivity index (χ2v) is 5.03. The van der Waals surface area contributed by atoms with Gasteiger partial charge in [-0.15, -0.1) is 0 Å². The number of nitro benzene ring substituents is 1. The van der Waals surface area contributed by atoms with E-state index in [0.29, 0.717) is 17.1 Å². The van der Waals surface area contributed by atoms with Crippen molar-refractivity contribution < 1.29 is 33.8 Å². The van der Waals surface area contributed by atoms with E-state index < -0.39 is 4.92 Å². The highest BCUT2D eigenvalue weighted by Crippen LogP contribution is 2.36. The van der Waals surface area contributed by atoms with Crippen LogP contribution >= 0.6 is 0 Å². The molecule has 0 saturated carbocycles. The predicted molar refractivity (Wildman–Crippen MR) is 94.0 cm³/mol. The summed E-state index contributed by atoms with van der Waals surface area (Å²) in [6.45, 7) is -0.0644. The van der Waals surface area contributed by atoms with Crippen LogP contribution in [0, 0.1) is 10.1 Å². The second-order valence-electron chi connectivity index (χ2n) is 5.03. The van der Waals surface area contributed by atoms with Gasteiger partial charge < -0.3 is 28.9 Å². The fraction of sp³-hybridized carbons (Fsp3) is 0.235. The molecule has 0 saturated heterocycles. The summed E-state index contributed by atoms with van der Waals surface area (Å²) < 4.78 is 26.4. The van der Waals surface area contributed by atoms with Gasteiger partial charge in [-0.2, -0.15) is 0 Å². The van der Waals surface area contributed by atoms with Gasteiger partial charge in [0.05, 0.1) is 16.7 Å². The summed E-state index contributed by atoms with van der Waals surface area (Å²) in [6.07, 6.45) is 1.13. The second kappa shape index (κ2) is 9.94. The molecule has 10 heteroatoms. The van der Waals surface area contributed by atoms with Crippen molar-refractivity contribution in [2.45, 2.75) is 0 Å². The van der Waals surface area contributed by atoms with Crippen molar-refractivity contribution in [1.29, 1.82) is 0 Å². The zero-order valence-corrected chi connectivity index (χ0v) is 14.7. The van der Waals surface area contributed by atoms with E-state index in [1.165, 1.54) is 44.6 Å². The summed E-state index contributed by atoms with van der Waals surface area (Å²) in [7, 11) is 2.93. The quantitative estimate of drug-likeness (QED) is 0.220. The number of methoxy groups -OCH3 is 2. The van der Waals surface area contributed by atoms with Crippen molar-refractivity contribution in [3.8, 4) is 23.0 Å². The highest BCUT2D eigenvalue weighted by Gasteiger charge is 2.15. The Balaban J connectivity index is 2.41. The smallest absolute Gasteiger partial charge is 0.269 e. The van der Waals surface area contributed by atoms with E-state index in [0.717, 1.165) is 6.21 Å². The van der Waals surface area contributed by atoms with Crippen LogP contribution in [0.15, 0.2) is 41.6 Å². The number of hydrogen-bond acceptors (Lipinski definition) is 9. The molecule has 2 rings (SSSR count). The summed E-state index contributed by atoms with van der Waals surface area (Å²) in [6, 6.07) is 8.59. The molecule has 0 amide bonds. The highest BCUT2D eigenvalue weighted by atomic mass is 16.7. The van der Waals surface area contributed by atoms with Crippen LogP contribution in [-0.4, -0.2) is 44.2 Å². The molecule has 10 nitrogen and oxygen atoms in total. The van der Waals surface area contributed by atoms with E-state index >= 15 is 0 Å². The third-order valence-electron chi connectivity index (χ3n) is 3.22. The first-order valence-corrected chi connectivity index (χ1v) is 7.60. The van der Waals surface area contributed by atoms with Crippen LogP contribution in [0.25, 0.3) is 0 Å². The molecule has 1 N–H and O–H groups in total. The fourth-order valence-electron chi connectivity index (χ4n) is 2.06. The standard InChI is InChI=1S/C17H18N2O8/c1-23-10-25-14-7-16(26-11-24-2)15(9-18-20)17(8-14)27-13-5-3-12(4-6-13)19(21)22/h3-9,20H,10-11H2,1-2H3. The van der Waals surface area contributed by atoms with E-state index in [2.05, 4.69) is 5.16 Å². The Hall–Kier alpha value is -3.37. The first kappa shape index (κ1) is 19.9. The number of ether oxygens (including phenoxy) is 5. The molecule has 0 aliphatic carbocycles. The molecule has 0 aromatic heterocycles. The molecule has 2 aromatic carbocycles. The van der Waals surface area contributed by atoms with Gasteiger partial charge in [0.25, 0.3) is 5.69 Å². The number of non-ortho nitro benzene ring substituents is 1. The molecule has 2 aromatic rings. The van der Waals surface area contributed by atoms with Crippen molar-refractivity contribution in [2.75, 3.05) is 27.8 Å². The van der Waals surface area contributed by atoms with Crippen molar-refractivity contribution in [3.63, 3.8) is 0 Å². The molecule has 0 aliphatic rings. The van der Waals surface area contributed by atoms with E-state index in [1.807, 2.05) is 0 Å². The Labute approximate surface area is 154 Å². The Morgan fingerprint density at radius 1 is 1.04 bits per heavy atom. The Kier molecular flexibility index (Phi) is 7.35. The summed E-state index contributed by atoms with van der Waals surface area (Å²) in [5, 5.41) is 22.8. The van der Waals surface area contributed by atoms with E-state index in [-0.39, 0.29) is 30.8 Å². The van der Waals surface area contributed by atoms with E-state index in [9.17, 15) is 10.1 Å². The van der Waals surface area contributed by atoms with Gasteiger partial charge in [0.1, 0.15) is 23.0 Å². The van der Waals surface area contributed by atoms with E-state index in [1.54, 1.807) is 6.07 Å². The molecule has 0 radical (unpaired) electrons. The van der Waals surface area contributed by atoms with Crippen molar-refractivity contribution >= 4 is 11.9 Å². The van der Waals surface area contributed by atoms with Crippen molar-refractivity contribution in [1.82, 2.24) is 0 Å². The minimum atomic E-state index is -0.510. The predicted octanol–water partition coefficient (Wildman–Crippen LogP) is 3.16. The normalized spacial score (nSPS) is 10.7. The molecule has 27 heavy (non-hydrogen) atoms. The van der Waals surface area contributed by atoms with Gasteiger partial charge in [-0.3, -0.25) is 10.1 Å². The minimum absolute atomic E-state index is 0.00583.